The molecule has 2 fully saturated rings. The highest BCUT2D eigenvalue weighted by atomic mass is 16.8. The number of hydroxylamine groups is 2. The van der Waals surface area contributed by atoms with Crippen LogP contribution in [-0.4, -0.2) is 94.1 Å². The fourth-order valence-electron chi connectivity index (χ4n) is 5.36. The number of aromatic nitrogens is 2. The molecule has 0 spiro atoms. The van der Waals surface area contributed by atoms with Crippen LogP contribution in [0.2, 0.25) is 0 Å². The van der Waals surface area contributed by atoms with Gasteiger partial charge in [0.1, 0.15) is 23.1 Å². The number of carbonyl (C=O) groups excluding carboxylic acids is 5. The fraction of sp³-hybridized carbons (Fsp3) is 0.545. The van der Waals surface area contributed by atoms with Gasteiger partial charge in [0.05, 0.1) is 19.7 Å². The van der Waals surface area contributed by atoms with Crippen LogP contribution in [0.5, 0.6) is 0 Å². The van der Waals surface area contributed by atoms with Crippen LogP contribution in [0.1, 0.15) is 88.3 Å². The normalized spacial score (nSPS) is 16.8. The molecule has 1 atom stereocenters. The van der Waals surface area contributed by atoms with E-state index in [9.17, 15) is 24.0 Å². The first kappa shape index (κ1) is 34.5. The Morgan fingerprint density at radius 2 is 1.67 bits per heavy atom. The molecule has 46 heavy (non-hydrogen) atoms. The number of hydrogen-bond acceptors (Lipinski definition) is 11. The van der Waals surface area contributed by atoms with E-state index < -0.39 is 29.7 Å². The van der Waals surface area contributed by atoms with E-state index in [1.54, 1.807) is 38.7 Å². The lowest BCUT2D eigenvalue weighted by Gasteiger charge is -2.35. The molecule has 0 unspecified atom stereocenters. The van der Waals surface area contributed by atoms with Crippen LogP contribution >= 0.6 is 0 Å². The largest absolute Gasteiger partial charge is 0.527 e. The number of amides is 2. The first-order valence-corrected chi connectivity index (χ1v) is 15.8. The number of Topliss-reactive ketones (excluding diaryl/α,β-unsaturated/α-hetero) is 1. The summed E-state index contributed by atoms with van der Waals surface area (Å²) in [5.74, 6) is -0.876. The van der Waals surface area contributed by atoms with E-state index in [1.807, 2.05) is 30.3 Å². The Balaban J connectivity index is 1.54. The Kier molecular flexibility index (Phi) is 11.8. The standard InChI is InChI=1S/C33H43N5O8/c1-5-44-32(43)46-38-19-17-37(18-20-38)31(42)25(15-16-28(40)45-33(2,3)4)36-30(41)27-21-26(22-11-13-24(39)14-12-22)34-29(35-27)23-9-7-6-8-10-23/h6-10,21-22,25H,5,11-20H2,1-4H3,(H,36,41)/t25-/m0/s1. The number of carbonyl (C=O) groups is 5. The minimum absolute atomic E-state index is 0.00701. The Bertz CT molecular complexity index is 1390. The minimum Gasteiger partial charge on any atom is -0.460 e. The second kappa shape index (κ2) is 15.7. The molecule has 1 aromatic carbocycles. The maximum absolute atomic E-state index is 13.8. The molecule has 0 radical (unpaired) electrons. The zero-order valence-corrected chi connectivity index (χ0v) is 27.0. The summed E-state index contributed by atoms with van der Waals surface area (Å²) in [6, 6.07) is 9.86. The molecule has 2 heterocycles. The molecule has 1 saturated heterocycles. The third-order valence-corrected chi connectivity index (χ3v) is 7.65. The maximum atomic E-state index is 13.8. The van der Waals surface area contributed by atoms with Gasteiger partial charge in [-0.2, -0.15) is 0 Å². The number of benzene rings is 1. The monoisotopic (exact) mass is 637 g/mol. The number of ether oxygens (including phenoxy) is 2. The Morgan fingerprint density at radius 3 is 2.30 bits per heavy atom. The molecule has 1 N–H and O–H groups in total. The third-order valence-electron chi connectivity index (χ3n) is 7.65. The van der Waals surface area contributed by atoms with Crippen molar-refractivity contribution in [3.05, 3.63) is 47.8 Å². The highest BCUT2D eigenvalue weighted by Gasteiger charge is 2.32. The molecule has 0 bridgehead atoms. The summed E-state index contributed by atoms with van der Waals surface area (Å²) in [6.45, 7) is 8.07. The summed E-state index contributed by atoms with van der Waals surface area (Å²) in [4.78, 5) is 79.8. The molecule has 13 heteroatoms. The molecule has 4 rings (SSSR count). The van der Waals surface area contributed by atoms with Gasteiger partial charge in [0.2, 0.25) is 5.91 Å². The van der Waals surface area contributed by atoms with E-state index in [-0.39, 0.29) is 68.9 Å². The van der Waals surface area contributed by atoms with Gasteiger partial charge in [-0.05, 0) is 53.0 Å². The zero-order valence-electron chi connectivity index (χ0n) is 27.0. The van der Waals surface area contributed by atoms with Crippen LogP contribution in [0, 0.1) is 0 Å². The SMILES string of the molecule is CCOC(=O)ON1CCN(C(=O)[C@H](CCC(=O)OC(C)(C)C)NC(=O)c2cc(C3CCC(=O)CC3)nc(-c3ccccc3)n2)CC1. The van der Waals surface area contributed by atoms with Gasteiger partial charge in [-0.1, -0.05) is 30.3 Å². The van der Waals surface area contributed by atoms with Crippen LogP contribution in [0.25, 0.3) is 11.4 Å². The van der Waals surface area contributed by atoms with Crippen LogP contribution in [0.3, 0.4) is 0 Å². The lowest BCUT2D eigenvalue weighted by atomic mass is 9.86. The number of nitrogens with zero attached hydrogens (tertiary/aromatic N) is 4. The molecule has 1 aromatic heterocycles. The molecule has 2 amide bonds. The van der Waals surface area contributed by atoms with Crippen LogP contribution in [0.4, 0.5) is 4.79 Å². The van der Waals surface area contributed by atoms with Crippen molar-refractivity contribution in [1.29, 1.82) is 0 Å². The predicted octanol–water partition coefficient (Wildman–Crippen LogP) is 3.82. The predicted molar refractivity (Wildman–Crippen MR) is 166 cm³/mol. The van der Waals surface area contributed by atoms with Gasteiger partial charge in [-0.3, -0.25) is 19.2 Å². The summed E-state index contributed by atoms with van der Waals surface area (Å²) in [5.41, 5.74) is 0.777. The third kappa shape index (κ3) is 10.1. The van der Waals surface area contributed by atoms with Gasteiger partial charge >= 0.3 is 12.1 Å². The number of esters is 1. The quantitative estimate of drug-likeness (QED) is 0.378. The Morgan fingerprint density at radius 1 is 1.00 bits per heavy atom. The average molecular weight is 638 g/mol. The fourth-order valence-corrected chi connectivity index (χ4v) is 5.36. The molecule has 1 aliphatic heterocycles. The van der Waals surface area contributed by atoms with Crippen molar-refractivity contribution in [2.45, 2.75) is 83.8 Å². The van der Waals surface area contributed by atoms with Crippen molar-refractivity contribution in [3.63, 3.8) is 0 Å². The van der Waals surface area contributed by atoms with Crippen molar-refractivity contribution >= 4 is 29.7 Å². The lowest BCUT2D eigenvalue weighted by molar-refractivity contribution is -0.158. The van der Waals surface area contributed by atoms with Gasteiger partial charge in [-0.15, -0.1) is 5.06 Å². The molecule has 248 valence electrons. The number of ketones is 1. The zero-order chi connectivity index (χ0) is 33.3. The molecule has 13 nitrogen and oxygen atoms in total. The van der Waals surface area contributed by atoms with Crippen LogP contribution in [0.15, 0.2) is 36.4 Å². The van der Waals surface area contributed by atoms with E-state index in [1.165, 1.54) is 5.06 Å². The molecule has 2 aromatic rings. The van der Waals surface area contributed by atoms with E-state index in [0.29, 0.717) is 37.2 Å². The number of rotatable bonds is 10. The van der Waals surface area contributed by atoms with E-state index in [0.717, 1.165) is 5.56 Å². The molecule has 1 saturated carbocycles. The molecule has 1 aliphatic carbocycles. The molecular weight excluding hydrogens is 594 g/mol. The van der Waals surface area contributed by atoms with E-state index in [4.69, 9.17) is 19.3 Å². The second-order valence-electron chi connectivity index (χ2n) is 12.4. The van der Waals surface area contributed by atoms with Gasteiger partial charge in [0, 0.05) is 49.5 Å². The smallest absolute Gasteiger partial charge is 0.460 e. The van der Waals surface area contributed by atoms with E-state index in [2.05, 4.69) is 10.3 Å². The van der Waals surface area contributed by atoms with Crippen molar-refractivity contribution in [2.75, 3.05) is 32.8 Å². The number of nitrogens with one attached hydrogen (secondary N) is 1. The molecular formula is C33H43N5O8. The van der Waals surface area contributed by atoms with Gasteiger partial charge in [0.15, 0.2) is 5.82 Å². The first-order chi connectivity index (χ1) is 21.9. The average Bonchev–Trinajstić information content (AvgIpc) is 3.03. The van der Waals surface area contributed by atoms with Crippen LogP contribution < -0.4 is 5.32 Å². The Hall–Kier alpha value is -4.39. The second-order valence-corrected chi connectivity index (χ2v) is 12.4. The summed E-state index contributed by atoms with van der Waals surface area (Å²) >= 11 is 0. The summed E-state index contributed by atoms with van der Waals surface area (Å²) in [5, 5.41) is 4.24. The summed E-state index contributed by atoms with van der Waals surface area (Å²) < 4.78 is 10.3. The van der Waals surface area contributed by atoms with Gasteiger partial charge < -0.3 is 24.5 Å². The van der Waals surface area contributed by atoms with Gasteiger partial charge in [-0.25, -0.2) is 14.8 Å². The van der Waals surface area contributed by atoms with Gasteiger partial charge in [0.25, 0.3) is 5.91 Å². The number of piperazine rings is 1. The highest BCUT2D eigenvalue weighted by Crippen LogP contribution is 2.31. The van der Waals surface area contributed by atoms with E-state index >= 15 is 0 Å². The maximum Gasteiger partial charge on any atom is 0.527 e. The summed E-state index contributed by atoms with van der Waals surface area (Å²) in [7, 11) is 0. The summed E-state index contributed by atoms with van der Waals surface area (Å²) in [6.07, 6.45) is 1.27. The highest BCUT2D eigenvalue weighted by molar-refractivity contribution is 5.96. The molecule has 2 aliphatic rings. The Labute approximate surface area is 268 Å². The topological polar surface area (TPSA) is 157 Å². The van der Waals surface area contributed by atoms with Crippen LogP contribution in [-0.2, 0) is 28.7 Å². The lowest BCUT2D eigenvalue weighted by Crippen LogP contribution is -2.55. The number of hydrogen-bond donors (Lipinski definition) is 1. The van der Waals surface area contributed by atoms with Crippen molar-refractivity contribution in [2.24, 2.45) is 0 Å². The minimum atomic E-state index is -1.05. The van der Waals surface area contributed by atoms with Crippen molar-refractivity contribution < 1.29 is 38.3 Å². The first-order valence-electron chi connectivity index (χ1n) is 15.8. The van der Waals surface area contributed by atoms with Crippen molar-refractivity contribution in [3.8, 4) is 11.4 Å². The van der Waals surface area contributed by atoms with Crippen molar-refractivity contribution in [1.82, 2.24) is 25.2 Å².